The number of aromatic nitrogens is 2. The van der Waals surface area contributed by atoms with Crippen molar-refractivity contribution in [1.82, 2.24) is 9.97 Å². The number of thiazole rings is 1. The fourth-order valence-electron chi connectivity index (χ4n) is 1.95. The fraction of sp³-hybridized carbons (Fsp3) is 0.0714. The lowest BCUT2D eigenvalue weighted by molar-refractivity contribution is -0.138. The van der Waals surface area contributed by atoms with E-state index in [1.165, 1.54) is 11.3 Å². The minimum atomic E-state index is -1.10. The predicted octanol–water partition coefficient (Wildman–Crippen LogP) is 2.44. The van der Waals surface area contributed by atoms with Gasteiger partial charge in [0.25, 0.3) is 0 Å². The number of pyridine rings is 1. The van der Waals surface area contributed by atoms with Gasteiger partial charge in [0.1, 0.15) is 16.7 Å². The molecule has 2 aromatic heterocycles. The summed E-state index contributed by atoms with van der Waals surface area (Å²) < 4.78 is 0. The van der Waals surface area contributed by atoms with E-state index in [0.717, 1.165) is 16.5 Å². The molecule has 0 saturated carbocycles. The van der Waals surface area contributed by atoms with Crippen molar-refractivity contribution in [2.24, 2.45) is 5.73 Å². The minimum absolute atomic E-state index is 0.354. The third kappa shape index (κ3) is 2.15. The number of benzene rings is 1. The molecular formula is C14H11N3O2S. The highest BCUT2D eigenvalue weighted by Gasteiger charge is 2.19. The van der Waals surface area contributed by atoms with E-state index in [-0.39, 0.29) is 0 Å². The maximum absolute atomic E-state index is 10.9. The average molecular weight is 285 g/mol. The van der Waals surface area contributed by atoms with Crippen LogP contribution < -0.4 is 5.73 Å². The molecule has 2 heterocycles. The van der Waals surface area contributed by atoms with Crippen LogP contribution in [0.2, 0.25) is 0 Å². The van der Waals surface area contributed by atoms with Crippen molar-refractivity contribution in [1.29, 1.82) is 0 Å². The van der Waals surface area contributed by atoms with Crippen LogP contribution >= 0.6 is 11.3 Å². The van der Waals surface area contributed by atoms with Gasteiger partial charge in [-0.1, -0.05) is 24.3 Å². The van der Waals surface area contributed by atoms with E-state index in [9.17, 15) is 4.79 Å². The molecule has 100 valence electrons. The third-order valence-corrected chi connectivity index (χ3v) is 3.85. The first-order valence-electron chi connectivity index (χ1n) is 5.95. The van der Waals surface area contributed by atoms with Crippen LogP contribution in [0.1, 0.15) is 11.7 Å². The number of hydrogen-bond acceptors (Lipinski definition) is 5. The van der Waals surface area contributed by atoms with Crippen molar-refractivity contribution in [2.75, 3.05) is 0 Å². The standard InChI is InChI=1S/C14H11N3O2S/c15-11(14(18)19)10-7-20-13(17-10)12-9-4-2-1-3-8(9)5-6-16-12/h1-7,11H,15H2,(H,18,19). The molecule has 1 aromatic carbocycles. The second-order valence-electron chi connectivity index (χ2n) is 4.27. The van der Waals surface area contributed by atoms with E-state index >= 15 is 0 Å². The third-order valence-electron chi connectivity index (χ3n) is 2.98. The molecule has 0 radical (unpaired) electrons. The molecule has 0 spiro atoms. The van der Waals surface area contributed by atoms with Gasteiger partial charge in [-0.15, -0.1) is 11.3 Å². The summed E-state index contributed by atoms with van der Waals surface area (Å²) in [4.78, 5) is 19.5. The summed E-state index contributed by atoms with van der Waals surface area (Å²) in [5.41, 5.74) is 6.67. The van der Waals surface area contributed by atoms with Crippen molar-refractivity contribution in [2.45, 2.75) is 6.04 Å². The number of nitrogens with two attached hydrogens (primary N) is 1. The summed E-state index contributed by atoms with van der Waals surface area (Å²) in [5, 5.41) is 13.3. The predicted molar refractivity (Wildman–Crippen MR) is 77.4 cm³/mol. The zero-order valence-corrected chi connectivity index (χ0v) is 11.2. The first-order chi connectivity index (χ1) is 9.66. The molecule has 0 aliphatic heterocycles. The summed E-state index contributed by atoms with van der Waals surface area (Å²) in [6.07, 6.45) is 1.72. The normalized spacial score (nSPS) is 12.4. The molecule has 0 aliphatic carbocycles. The van der Waals surface area contributed by atoms with Crippen molar-refractivity contribution >= 4 is 28.1 Å². The molecule has 3 rings (SSSR count). The molecule has 0 amide bonds. The van der Waals surface area contributed by atoms with E-state index in [1.807, 2.05) is 30.3 Å². The van der Waals surface area contributed by atoms with Crippen molar-refractivity contribution in [3.63, 3.8) is 0 Å². The maximum atomic E-state index is 10.9. The Morgan fingerprint density at radius 1 is 1.30 bits per heavy atom. The molecular weight excluding hydrogens is 274 g/mol. The summed E-state index contributed by atoms with van der Waals surface area (Å²) in [6, 6.07) is 8.68. The molecule has 3 aromatic rings. The number of carboxylic acid groups (broad SMARTS) is 1. The average Bonchev–Trinajstić information content (AvgIpc) is 2.95. The van der Waals surface area contributed by atoms with Gasteiger partial charge in [0.15, 0.2) is 0 Å². The Morgan fingerprint density at radius 2 is 2.10 bits per heavy atom. The van der Waals surface area contributed by atoms with Gasteiger partial charge in [-0.05, 0) is 11.5 Å². The molecule has 6 heteroatoms. The highest BCUT2D eigenvalue weighted by Crippen LogP contribution is 2.29. The summed E-state index contributed by atoms with van der Waals surface area (Å²) in [5.74, 6) is -1.09. The number of hydrogen-bond donors (Lipinski definition) is 2. The Kier molecular flexibility index (Phi) is 3.17. The molecule has 0 fully saturated rings. The van der Waals surface area contributed by atoms with Gasteiger partial charge in [0.05, 0.1) is 5.69 Å². The zero-order chi connectivity index (χ0) is 14.1. The van der Waals surface area contributed by atoms with E-state index in [0.29, 0.717) is 10.7 Å². The van der Waals surface area contributed by atoms with Gasteiger partial charge < -0.3 is 10.8 Å². The van der Waals surface area contributed by atoms with E-state index in [4.69, 9.17) is 10.8 Å². The van der Waals surface area contributed by atoms with Crippen molar-refractivity contribution < 1.29 is 9.90 Å². The molecule has 0 bridgehead atoms. The van der Waals surface area contributed by atoms with Gasteiger partial charge in [-0.25, -0.2) is 4.98 Å². The first kappa shape index (κ1) is 12.7. The van der Waals surface area contributed by atoms with Crippen molar-refractivity contribution in [3.8, 4) is 10.7 Å². The Morgan fingerprint density at radius 3 is 2.90 bits per heavy atom. The Bertz CT molecular complexity index is 779. The van der Waals surface area contributed by atoms with Crippen LogP contribution in [0.25, 0.3) is 21.5 Å². The van der Waals surface area contributed by atoms with Gasteiger partial charge in [0.2, 0.25) is 0 Å². The largest absolute Gasteiger partial charge is 0.480 e. The van der Waals surface area contributed by atoms with Crippen LogP contribution in [0.4, 0.5) is 0 Å². The minimum Gasteiger partial charge on any atom is -0.480 e. The number of carbonyl (C=O) groups is 1. The summed E-state index contributed by atoms with van der Waals surface area (Å²) in [6.45, 7) is 0. The van der Waals surface area contributed by atoms with E-state index in [1.54, 1.807) is 11.6 Å². The molecule has 5 nitrogen and oxygen atoms in total. The Balaban J connectivity index is 2.10. The smallest absolute Gasteiger partial charge is 0.326 e. The molecule has 0 aliphatic rings. The SMILES string of the molecule is NC(C(=O)O)c1csc(-c2nccc3ccccc23)n1. The first-order valence-corrected chi connectivity index (χ1v) is 6.82. The van der Waals surface area contributed by atoms with E-state index < -0.39 is 12.0 Å². The zero-order valence-electron chi connectivity index (χ0n) is 10.4. The van der Waals surface area contributed by atoms with Crippen LogP contribution in [-0.2, 0) is 4.79 Å². The van der Waals surface area contributed by atoms with Crippen LogP contribution in [0.3, 0.4) is 0 Å². The van der Waals surface area contributed by atoms with Gasteiger partial charge >= 0.3 is 5.97 Å². The quantitative estimate of drug-likeness (QED) is 0.771. The second kappa shape index (κ2) is 4.99. The molecule has 0 saturated heterocycles. The lowest BCUT2D eigenvalue weighted by Gasteiger charge is -2.03. The number of aliphatic carboxylic acids is 1. The van der Waals surface area contributed by atoms with Crippen molar-refractivity contribution in [3.05, 3.63) is 47.6 Å². The van der Waals surface area contributed by atoms with E-state index in [2.05, 4.69) is 9.97 Å². The molecule has 20 heavy (non-hydrogen) atoms. The van der Waals surface area contributed by atoms with Gasteiger partial charge in [-0.2, -0.15) is 0 Å². The lowest BCUT2D eigenvalue weighted by atomic mass is 10.1. The monoisotopic (exact) mass is 285 g/mol. The van der Waals surface area contributed by atoms with Gasteiger partial charge in [0, 0.05) is 17.0 Å². The highest BCUT2D eigenvalue weighted by atomic mass is 32.1. The molecule has 1 atom stereocenters. The fourth-order valence-corrected chi connectivity index (χ4v) is 2.82. The van der Waals surface area contributed by atoms with Gasteiger partial charge in [-0.3, -0.25) is 9.78 Å². The number of rotatable bonds is 3. The molecule has 3 N–H and O–H groups in total. The van der Waals surface area contributed by atoms with Crippen LogP contribution in [-0.4, -0.2) is 21.0 Å². The van der Waals surface area contributed by atoms with Crippen LogP contribution in [0.15, 0.2) is 41.9 Å². The number of carboxylic acids is 1. The Hall–Kier alpha value is -2.31. The highest BCUT2D eigenvalue weighted by molar-refractivity contribution is 7.13. The second-order valence-corrected chi connectivity index (χ2v) is 5.13. The number of fused-ring (bicyclic) bond motifs is 1. The van der Waals surface area contributed by atoms with Crippen LogP contribution in [0, 0.1) is 0 Å². The summed E-state index contributed by atoms with van der Waals surface area (Å²) in [7, 11) is 0. The number of nitrogens with zero attached hydrogens (tertiary/aromatic N) is 2. The van der Waals surface area contributed by atoms with Crippen LogP contribution in [0.5, 0.6) is 0 Å². The summed E-state index contributed by atoms with van der Waals surface area (Å²) >= 11 is 1.35. The topological polar surface area (TPSA) is 89.1 Å². The lowest BCUT2D eigenvalue weighted by Crippen LogP contribution is -2.20. The molecule has 1 unspecified atom stereocenters. The maximum Gasteiger partial charge on any atom is 0.326 e. The Labute approximate surface area is 118 Å².